The molecule has 0 fully saturated rings. The average molecular weight is 208 g/mol. The fourth-order valence-corrected chi connectivity index (χ4v) is 1.47. The molecule has 3 nitrogen and oxygen atoms in total. The molecule has 0 saturated carbocycles. The van der Waals surface area contributed by atoms with Crippen molar-refractivity contribution < 1.29 is 4.74 Å². The van der Waals surface area contributed by atoms with Crippen molar-refractivity contribution in [1.29, 1.82) is 0 Å². The topological polar surface area (TPSA) is 47.3 Å². The molecule has 15 heavy (non-hydrogen) atoms. The predicted octanol–water partition coefficient (Wildman–Crippen LogP) is 1.69. The highest BCUT2D eigenvalue weighted by Gasteiger charge is 2.06. The van der Waals surface area contributed by atoms with Gasteiger partial charge in [-0.15, -0.1) is 0 Å². The number of benzene rings is 1. The maximum absolute atomic E-state index is 5.64. The number of likely N-dealkylation sites (N-methyl/N-ethyl adjacent to an activating group) is 1. The summed E-state index contributed by atoms with van der Waals surface area (Å²) >= 11 is 0. The molecule has 1 unspecified atom stereocenters. The van der Waals surface area contributed by atoms with E-state index in [1.54, 1.807) is 0 Å². The minimum Gasteiger partial charge on any atom is -0.491 e. The maximum atomic E-state index is 5.64. The Morgan fingerprint density at radius 2 is 1.87 bits per heavy atom. The van der Waals surface area contributed by atoms with E-state index in [9.17, 15) is 0 Å². The second-order valence-electron chi connectivity index (χ2n) is 3.81. The van der Waals surface area contributed by atoms with Gasteiger partial charge in [-0.1, -0.05) is 12.1 Å². The number of nitrogens with one attached hydrogen (secondary N) is 1. The van der Waals surface area contributed by atoms with Crippen LogP contribution in [0.2, 0.25) is 0 Å². The van der Waals surface area contributed by atoms with E-state index in [2.05, 4.69) is 5.32 Å². The van der Waals surface area contributed by atoms with Gasteiger partial charge in [0, 0.05) is 12.6 Å². The summed E-state index contributed by atoms with van der Waals surface area (Å²) in [6.45, 7) is 4.63. The molecule has 1 atom stereocenters. The van der Waals surface area contributed by atoms with E-state index < -0.39 is 0 Å². The lowest BCUT2D eigenvalue weighted by molar-refractivity contribution is 0.242. The molecule has 0 bridgehead atoms. The lowest BCUT2D eigenvalue weighted by Gasteiger charge is -2.15. The molecule has 3 N–H and O–H groups in total. The van der Waals surface area contributed by atoms with Crippen molar-refractivity contribution in [2.75, 3.05) is 13.6 Å². The first-order valence-corrected chi connectivity index (χ1v) is 5.31. The Labute approximate surface area is 91.6 Å². The Balaban J connectivity index is 2.71. The van der Waals surface area contributed by atoms with E-state index >= 15 is 0 Å². The number of rotatable bonds is 5. The van der Waals surface area contributed by atoms with Gasteiger partial charge in [0.25, 0.3) is 0 Å². The summed E-state index contributed by atoms with van der Waals surface area (Å²) < 4.78 is 5.56. The van der Waals surface area contributed by atoms with Crippen LogP contribution >= 0.6 is 0 Å². The SMILES string of the molecule is CNC(CN)c1ccc(OC(C)C)cc1. The Morgan fingerprint density at radius 3 is 2.27 bits per heavy atom. The molecule has 1 aromatic carbocycles. The summed E-state index contributed by atoms with van der Waals surface area (Å²) in [5.41, 5.74) is 6.83. The summed E-state index contributed by atoms with van der Waals surface area (Å²) in [5, 5.41) is 3.16. The summed E-state index contributed by atoms with van der Waals surface area (Å²) in [6, 6.07) is 8.28. The lowest BCUT2D eigenvalue weighted by Crippen LogP contribution is -2.24. The largest absolute Gasteiger partial charge is 0.491 e. The highest BCUT2D eigenvalue weighted by molar-refractivity contribution is 5.29. The Hall–Kier alpha value is -1.06. The number of hydrogen-bond donors (Lipinski definition) is 2. The quantitative estimate of drug-likeness (QED) is 0.774. The third-order valence-corrected chi connectivity index (χ3v) is 2.24. The van der Waals surface area contributed by atoms with Crippen LogP contribution in [-0.2, 0) is 0 Å². The van der Waals surface area contributed by atoms with Crippen LogP contribution in [0.15, 0.2) is 24.3 Å². The molecule has 0 spiro atoms. The molecule has 0 radical (unpaired) electrons. The molecule has 3 heteroatoms. The molecule has 0 heterocycles. The molecule has 0 aromatic heterocycles. The first-order valence-electron chi connectivity index (χ1n) is 5.31. The monoisotopic (exact) mass is 208 g/mol. The van der Waals surface area contributed by atoms with Gasteiger partial charge in [0.1, 0.15) is 5.75 Å². The molecular weight excluding hydrogens is 188 g/mol. The minimum atomic E-state index is 0.213. The van der Waals surface area contributed by atoms with Gasteiger partial charge in [-0.3, -0.25) is 0 Å². The van der Waals surface area contributed by atoms with Gasteiger partial charge >= 0.3 is 0 Å². The highest BCUT2D eigenvalue weighted by atomic mass is 16.5. The highest BCUT2D eigenvalue weighted by Crippen LogP contribution is 2.17. The van der Waals surface area contributed by atoms with Crippen molar-refractivity contribution in [3.8, 4) is 5.75 Å². The summed E-state index contributed by atoms with van der Waals surface area (Å²) in [4.78, 5) is 0. The van der Waals surface area contributed by atoms with Gasteiger partial charge < -0.3 is 15.8 Å². The fourth-order valence-electron chi connectivity index (χ4n) is 1.47. The van der Waals surface area contributed by atoms with E-state index in [4.69, 9.17) is 10.5 Å². The number of hydrogen-bond acceptors (Lipinski definition) is 3. The van der Waals surface area contributed by atoms with E-state index in [1.807, 2.05) is 45.2 Å². The second-order valence-corrected chi connectivity index (χ2v) is 3.81. The Bertz CT molecular complexity index is 278. The van der Waals surface area contributed by atoms with Crippen LogP contribution < -0.4 is 15.8 Å². The molecule has 0 saturated heterocycles. The third-order valence-electron chi connectivity index (χ3n) is 2.24. The van der Waals surface area contributed by atoms with Gasteiger partial charge in [-0.25, -0.2) is 0 Å². The maximum Gasteiger partial charge on any atom is 0.119 e. The van der Waals surface area contributed by atoms with Crippen LogP contribution in [0.5, 0.6) is 5.75 Å². The van der Waals surface area contributed by atoms with Crippen molar-refractivity contribution in [1.82, 2.24) is 5.32 Å². The molecular formula is C12H20N2O. The van der Waals surface area contributed by atoms with E-state index in [0.717, 1.165) is 5.75 Å². The molecule has 1 rings (SSSR count). The average Bonchev–Trinajstić information content (AvgIpc) is 2.21. The van der Waals surface area contributed by atoms with E-state index in [0.29, 0.717) is 6.54 Å². The van der Waals surface area contributed by atoms with Gasteiger partial charge in [-0.2, -0.15) is 0 Å². The Kier molecular flexibility index (Phi) is 4.59. The molecule has 0 aliphatic rings. The molecule has 1 aromatic rings. The van der Waals surface area contributed by atoms with Crippen LogP contribution in [0.25, 0.3) is 0 Å². The van der Waals surface area contributed by atoms with Crippen LogP contribution in [0.1, 0.15) is 25.5 Å². The summed E-state index contributed by atoms with van der Waals surface area (Å²) in [5.74, 6) is 0.903. The zero-order valence-corrected chi connectivity index (χ0v) is 9.66. The minimum absolute atomic E-state index is 0.213. The molecule has 0 aliphatic heterocycles. The van der Waals surface area contributed by atoms with Crippen molar-refractivity contribution in [2.45, 2.75) is 26.0 Å². The van der Waals surface area contributed by atoms with Gasteiger partial charge in [0.15, 0.2) is 0 Å². The first kappa shape index (κ1) is 12.0. The fraction of sp³-hybridized carbons (Fsp3) is 0.500. The standard InChI is InChI=1S/C12H20N2O/c1-9(2)15-11-6-4-10(5-7-11)12(8-13)14-3/h4-7,9,12,14H,8,13H2,1-3H3. The van der Waals surface area contributed by atoms with Crippen molar-refractivity contribution in [3.63, 3.8) is 0 Å². The zero-order valence-electron chi connectivity index (χ0n) is 9.66. The van der Waals surface area contributed by atoms with Crippen LogP contribution in [0, 0.1) is 0 Å². The lowest BCUT2D eigenvalue weighted by atomic mass is 10.1. The van der Waals surface area contributed by atoms with Crippen LogP contribution in [0.4, 0.5) is 0 Å². The van der Waals surface area contributed by atoms with Crippen molar-refractivity contribution in [2.24, 2.45) is 5.73 Å². The predicted molar refractivity (Wildman–Crippen MR) is 63.1 cm³/mol. The molecule has 84 valence electrons. The van der Waals surface area contributed by atoms with Crippen LogP contribution in [-0.4, -0.2) is 19.7 Å². The molecule has 0 amide bonds. The van der Waals surface area contributed by atoms with Crippen molar-refractivity contribution in [3.05, 3.63) is 29.8 Å². The van der Waals surface area contributed by atoms with E-state index in [1.165, 1.54) is 5.56 Å². The summed E-state index contributed by atoms with van der Waals surface area (Å²) in [7, 11) is 1.91. The second kappa shape index (κ2) is 5.73. The third kappa shape index (κ3) is 3.53. The number of nitrogens with two attached hydrogens (primary N) is 1. The molecule has 0 aliphatic carbocycles. The summed E-state index contributed by atoms with van der Waals surface area (Å²) in [6.07, 6.45) is 0.213. The van der Waals surface area contributed by atoms with Gasteiger partial charge in [0.2, 0.25) is 0 Å². The number of ether oxygens (including phenoxy) is 1. The van der Waals surface area contributed by atoms with E-state index in [-0.39, 0.29) is 12.1 Å². The van der Waals surface area contributed by atoms with Gasteiger partial charge in [-0.05, 0) is 38.6 Å². The first-order chi connectivity index (χ1) is 7.17. The Morgan fingerprint density at radius 1 is 1.27 bits per heavy atom. The smallest absolute Gasteiger partial charge is 0.119 e. The zero-order chi connectivity index (χ0) is 11.3. The van der Waals surface area contributed by atoms with Crippen molar-refractivity contribution >= 4 is 0 Å². The van der Waals surface area contributed by atoms with Gasteiger partial charge in [0.05, 0.1) is 6.10 Å². The normalized spacial score (nSPS) is 12.9. The van der Waals surface area contributed by atoms with Crippen LogP contribution in [0.3, 0.4) is 0 Å².